The summed E-state index contributed by atoms with van der Waals surface area (Å²) in [7, 11) is 0. The van der Waals surface area contributed by atoms with Crippen LogP contribution in [0.5, 0.6) is 0 Å². The SMILES string of the molecule is O=C=Nc1ccc2c(c1)-c1cc(-c3cccc4c3-c3ccccc3-4)c(N=C=O)cc1-2. The summed E-state index contributed by atoms with van der Waals surface area (Å²) in [6, 6.07) is 24.1. The Morgan fingerprint density at radius 2 is 1.13 bits per heavy atom. The van der Waals surface area contributed by atoms with Crippen molar-refractivity contribution in [3.63, 3.8) is 0 Å². The van der Waals surface area contributed by atoms with Crippen molar-refractivity contribution >= 4 is 23.5 Å². The van der Waals surface area contributed by atoms with Crippen molar-refractivity contribution in [2.75, 3.05) is 0 Å². The molecule has 0 amide bonds. The minimum absolute atomic E-state index is 0.573. The summed E-state index contributed by atoms with van der Waals surface area (Å²) in [6.45, 7) is 0. The quantitative estimate of drug-likeness (QED) is 0.255. The summed E-state index contributed by atoms with van der Waals surface area (Å²) in [5.74, 6) is 0. The molecule has 4 nitrogen and oxygen atoms in total. The van der Waals surface area contributed by atoms with Gasteiger partial charge in [-0.05, 0) is 74.3 Å². The molecule has 4 aromatic carbocycles. The zero-order valence-electron chi connectivity index (χ0n) is 15.6. The number of fused-ring (bicyclic) bond motifs is 8. The van der Waals surface area contributed by atoms with Gasteiger partial charge in [-0.2, -0.15) is 9.98 Å². The maximum absolute atomic E-state index is 11.2. The van der Waals surface area contributed by atoms with E-state index < -0.39 is 0 Å². The van der Waals surface area contributed by atoms with Gasteiger partial charge in [-0.1, -0.05) is 48.5 Å². The fraction of sp³-hybridized carbons (Fsp3) is 0. The van der Waals surface area contributed by atoms with Crippen LogP contribution >= 0.6 is 0 Å². The van der Waals surface area contributed by atoms with Gasteiger partial charge in [0.25, 0.3) is 0 Å². The van der Waals surface area contributed by atoms with Gasteiger partial charge in [-0.15, -0.1) is 0 Å². The third-order valence-electron chi connectivity index (χ3n) is 5.90. The zero-order valence-corrected chi connectivity index (χ0v) is 15.6. The largest absolute Gasteiger partial charge is 0.240 e. The second-order valence-electron chi connectivity index (χ2n) is 7.32. The summed E-state index contributed by atoms with van der Waals surface area (Å²) < 4.78 is 0. The standard InChI is InChI=1S/C26H12N2O2/c29-13-27-15-8-9-17-21(10-15)22-11-24(25(28-14-30)12-23(17)22)20-7-3-6-19-16-4-1-2-5-18(16)26(19)20/h1-12H. The molecule has 0 saturated heterocycles. The van der Waals surface area contributed by atoms with E-state index in [1.54, 1.807) is 18.2 Å². The lowest BCUT2D eigenvalue weighted by Gasteiger charge is -2.29. The van der Waals surface area contributed by atoms with E-state index in [2.05, 4.69) is 40.3 Å². The van der Waals surface area contributed by atoms with Gasteiger partial charge >= 0.3 is 0 Å². The first-order valence-electron chi connectivity index (χ1n) is 9.52. The number of rotatable bonds is 3. The third kappa shape index (κ3) is 2.12. The summed E-state index contributed by atoms with van der Waals surface area (Å²) in [6.07, 6.45) is 3.29. The number of aliphatic imine (C=N–C) groups is 2. The molecule has 0 fully saturated rings. The highest BCUT2D eigenvalue weighted by molar-refractivity contribution is 6.12. The second-order valence-corrected chi connectivity index (χ2v) is 7.32. The van der Waals surface area contributed by atoms with Crippen LogP contribution in [0.25, 0.3) is 55.6 Å². The smallest absolute Gasteiger partial charge is 0.211 e. The molecule has 0 atom stereocenters. The summed E-state index contributed by atoms with van der Waals surface area (Å²) in [5, 5.41) is 0. The third-order valence-corrected chi connectivity index (χ3v) is 5.90. The molecule has 30 heavy (non-hydrogen) atoms. The average molecular weight is 384 g/mol. The monoisotopic (exact) mass is 384 g/mol. The Bertz CT molecular complexity index is 1500. The van der Waals surface area contributed by atoms with Crippen LogP contribution in [0.3, 0.4) is 0 Å². The lowest BCUT2D eigenvalue weighted by molar-refractivity contribution is 0.564. The normalized spacial score (nSPS) is 11.3. The Labute approximate surface area is 171 Å². The number of isocyanates is 2. The molecule has 0 heterocycles. The fourth-order valence-electron chi connectivity index (χ4n) is 4.61. The highest BCUT2D eigenvalue weighted by Gasteiger charge is 2.29. The molecule has 0 radical (unpaired) electrons. The predicted molar refractivity (Wildman–Crippen MR) is 116 cm³/mol. The fourth-order valence-corrected chi connectivity index (χ4v) is 4.61. The molecular formula is C26H12N2O2. The van der Waals surface area contributed by atoms with Gasteiger partial charge in [0, 0.05) is 5.56 Å². The van der Waals surface area contributed by atoms with Gasteiger partial charge in [-0.25, -0.2) is 9.59 Å². The zero-order chi connectivity index (χ0) is 20.2. The Morgan fingerprint density at radius 1 is 0.500 bits per heavy atom. The maximum atomic E-state index is 11.2. The number of nitrogens with zero attached hydrogens (tertiary/aromatic N) is 2. The average Bonchev–Trinajstić information content (AvgIpc) is 2.76. The van der Waals surface area contributed by atoms with E-state index in [-0.39, 0.29) is 0 Å². The van der Waals surface area contributed by atoms with Crippen LogP contribution in [-0.2, 0) is 9.59 Å². The molecule has 138 valence electrons. The number of hydrogen-bond acceptors (Lipinski definition) is 4. The Kier molecular flexibility index (Phi) is 3.35. The van der Waals surface area contributed by atoms with Gasteiger partial charge in [0.15, 0.2) is 0 Å². The summed E-state index contributed by atoms with van der Waals surface area (Å²) >= 11 is 0. The molecule has 0 bridgehead atoms. The number of benzene rings is 4. The Hall–Kier alpha value is -4.36. The van der Waals surface area contributed by atoms with Gasteiger partial charge in [0.05, 0.1) is 11.4 Å². The first-order valence-corrected chi connectivity index (χ1v) is 9.52. The summed E-state index contributed by atoms with van der Waals surface area (Å²) in [4.78, 5) is 29.5. The van der Waals surface area contributed by atoms with Crippen LogP contribution in [-0.4, -0.2) is 12.2 Å². The van der Waals surface area contributed by atoms with Crippen LogP contribution in [0.1, 0.15) is 0 Å². The van der Waals surface area contributed by atoms with E-state index in [9.17, 15) is 9.59 Å². The van der Waals surface area contributed by atoms with E-state index in [1.807, 2.05) is 36.4 Å². The van der Waals surface area contributed by atoms with Gasteiger partial charge in [0.1, 0.15) is 0 Å². The maximum Gasteiger partial charge on any atom is 0.240 e. The van der Waals surface area contributed by atoms with E-state index in [1.165, 1.54) is 22.3 Å². The van der Waals surface area contributed by atoms with Gasteiger partial charge in [-0.3, -0.25) is 0 Å². The molecular weight excluding hydrogens is 372 g/mol. The number of carbonyl (C=O) groups excluding carboxylic acids is 2. The molecule has 0 unspecified atom stereocenters. The van der Waals surface area contributed by atoms with E-state index in [4.69, 9.17) is 0 Å². The lowest BCUT2D eigenvalue weighted by Crippen LogP contribution is -2.02. The van der Waals surface area contributed by atoms with Crippen LogP contribution < -0.4 is 0 Å². The molecule has 2 aliphatic carbocycles. The van der Waals surface area contributed by atoms with Gasteiger partial charge < -0.3 is 0 Å². The highest BCUT2D eigenvalue weighted by Crippen LogP contribution is 2.56. The van der Waals surface area contributed by atoms with Crippen LogP contribution in [0, 0.1) is 0 Å². The highest BCUT2D eigenvalue weighted by atomic mass is 16.1. The number of hydrogen-bond donors (Lipinski definition) is 0. The molecule has 4 aromatic rings. The molecule has 0 N–H and O–H groups in total. The van der Waals surface area contributed by atoms with Crippen LogP contribution in [0.4, 0.5) is 11.4 Å². The lowest BCUT2D eigenvalue weighted by atomic mass is 9.74. The molecule has 0 aliphatic heterocycles. The molecule has 0 aromatic heterocycles. The van der Waals surface area contributed by atoms with Crippen LogP contribution in [0.15, 0.2) is 82.8 Å². The van der Waals surface area contributed by atoms with Gasteiger partial charge in [0.2, 0.25) is 12.2 Å². The van der Waals surface area contributed by atoms with Crippen molar-refractivity contribution < 1.29 is 9.59 Å². The predicted octanol–water partition coefficient (Wildman–Crippen LogP) is 6.58. The van der Waals surface area contributed by atoms with E-state index >= 15 is 0 Å². The first-order chi connectivity index (χ1) is 14.8. The molecule has 6 rings (SSSR count). The summed E-state index contributed by atoms with van der Waals surface area (Å²) in [5.41, 5.74) is 12.1. The Balaban J connectivity index is 1.58. The van der Waals surface area contributed by atoms with Crippen molar-refractivity contribution in [2.24, 2.45) is 9.98 Å². The minimum atomic E-state index is 0.573. The second kappa shape index (κ2) is 6.07. The molecule has 4 heteroatoms. The van der Waals surface area contributed by atoms with Crippen molar-refractivity contribution in [1.82, 2.24) is 0 Å². The van der Waals surface area contributed by atoms with Crippen molar-refractivity contribution in [2.45, 2.75) is 0 Å². The van der Waals surface area contributed by atoms with Crippen molar-refractivity contribution in [3.8, 4) is 55.6 Å². The topological polar surface area (TPSA) is 58.9 Å². The minimum Gasteiger partial charge on any atom is -0.211 e. The molecule has 0 spiro atoms. The van der Waals surface area contributed by atoms with E-state index in [0.717, 1.165) is 33.4 Å². The van der Waals surface area contributed by atoms with E-state index in [0.29, 0.717) is 11.4 Å². The van der Waals surface area contributed by atoms with Crippen molar-refractivity contribution in [3.05, 3.63) is 72.8 Å². The van der Waals surface area contributed by atoms with Crippen molar-refractivity contribution in [1.29, 1.82) is 0 Å². The Morgan fingerprint density at radius 3 is 1.93 bits per heavy atom. The molecule has 0 saturated carbocycles. The molecule has 2 aliphatic rings. The van der Waals surface area contributed by atoms with Crippen LogP contribution in [0.2, 0.25) is 0 Å². The first kappa shape index (κ1) is 16.6.